The molecule has 9 heteroatoms. The number of hydrogen-bond acceptors (Lipinski definition) is 6. The molecule has 0 radical (unpaired) electrons. The number of fused-ring (bicyclic) bond motifs is 3. The van der Waals surface area contributed by atoms with Gasteiger partial charge in [0.1, 0.15) is 5.75 Å². The Morgan fingerprint density at radius 3 is 2.58 bits per heavy atom. The van der Waals surface area contributed by atoms with Gasteiger partial charge in [-0.15, -0.1) is 0 Å². The van der Waals surface area contributed by atoms with Crippen molar-refractivity contribution in [2.24, 2.45) is 5.92 Å². The highest BCUT2D eigenvalue weighted by molar-refractivity contribution is 7.89. The van der Waals surface area contributed by atoms with Crippen molar-refractivity contribution in [2.45, 2.75) is 49.6 Å². The van der Waals surface area contributed by atoms with E-state index in [1.165, 1.54) is 18.2 Å². The highest BCUT2D eigenvalue weighted by Gasteiger charge is 2.40. The van der Waals surface area contributed by atoms with E-state index in [-0.39, 0.29) is 34.2 Å². The van der Waals surface area contributed by atoms with Crippen molar-refractivity contribution >= 4 is 21.4 Å². The van der Waals surface area contributed by atoms with Gasteiger partial charge in [0, 0.05) is 34.8 Å². The molecule has 2 aliphatic rings. The van der Waals surface area contributed by atoms with E-state index in [4.69, 9.17) is 0 Å². The number of nitrogens with zero attached hydrogens (tertiary/aromatic N) is 1. The molecule has 0 aromatic heterocycles. The Balaban J connectivity index is 1.75. The first-order valence-electron chi connectivity index (χ1n) is 10.0. The van der Waals surface area contributed by atoms with Crippen molar-refractivity contribution in [1.82, 2.24) is 4.72 Å². The summed E-state index contributed by atoms with van der Waals surface area (Å²) in [5, 5.41) is 25.0. The zero-order valence-corrected chi connectivity index (χ0v) is 18.3. The zero-order chi connectivity index (χ0) is 22.6. The zero-order valence-electron chi connectivity index (χ0n) is 17.5. The minimum absolute atomic E-state index is 0.00562. The first-order chi connectivity index (χ1) is 14.5. The number of phenols is 1. The van der Waals surface area contributed by atoms with Crippen LogP contribution >= 0.6 is 0 Å². The van der Waals surface area contributed by atoms with Gasteiger partial charge in [-0.05, 0) is 62.9 Å². The summed E-state index contributed by atoms with van der Waals surface area (Å²) in [6.45, 7) is 5.36. The molecule has 0 saturated carbocycles. The van der Waals surface area contributed by atoms with Gasteiger partial charge in [-0.2, -0.15) is 0 Å². The summed E-state index contributed by atoms with van der Waals surface area (Å²) in [5.41, 5.74) is 1.38. The Morgan fingerprint density at radius 1 is 1.16 bits per heavy atom. The van der Waals surface area contributed by atoms with Gasteiger partial charge in [0.15, 0.2) is 0 Å². The molecule has 4 rings (SSSR count). The quantitative estimate of drug-likeness (QED) is 0.370. The third-order valence-electron chi connectivity index (χ3n) is 5.64. The number of rotatable bonds is 4. The molecular formula is C22H25N3O5S. The third kappa shape index (κ3) is 4.03. The molecular weight excluding hydrogens is 418 g/mol. The van der Waals surface area contributed by atoms with Crippen LogP contribution in [0, 0.1) is 16.0 Å². The van der Waals surface area contributed by atoms with Crippen LogP contribution in [0.15, 0.2) is 53.4 Å². The van der Waals surface area contributed by atoms with Crippen molar-refractivity contribution in [2.75, 3.05) is 5.32 Å². The lowest BCUT2D eigenvalue weighted by molar-refractivity contribution is -0.385. The number of nitro groups is 1. The number of aromatic hydroxyl groups is 1. The molecule has 2 aromatic carbocycles. The van der Waals surface area contributed by atoms with Crippen molar-refractivity contribution < 1.29 is 18.4 Å². The van der Waals surface area contributed by atoms with Crippen LogP contribution in [0.4, 0.5) is 11.4 Å². The third-order valence-corrected chi connectivity index (χ3v) is 7.40. The molecule has 0 fully saturated rings. The molecule has 3 unspecified atom stereocenters. The summed E-state index contributed by atoms with van der Waals surface area (Å²) in [4.78, 5) is 10.9. The van der Waals surface area contributed by atoms with Crippen LogP contribution in [0.1, 0.15) is 50.3 Å². The second kappa shape index (κ2) is 7.35. The summed E-state index contributed by atoms with van der Waals surface area (Å²) in [6.07, 6.45) is 4.78. The van der Waals surface area contributed by atoms with Crippen molar-refractivity contribution in [1.29, 1.82) is 0 Å². The molecule has 164 valence electrons. The molecule has 0 saturated heterocycles. The van der Waals surface area contributed by atoms with E-state index in [1.54, 1.807) is 39.0 Å². The molecule has 1 heterocycles. The van der Waals surface area contributed by atoms with Crippen LogP contribution in [0.5, 0.6) is 5.75 Å². The molecule has 8 nitrogen and oxygen atoms in total. The highest BCUT2D eigenvalue weighted by atomic mass is 32.2. The first-order valence-corrected chi connectivity index (χ1v) is 11.5. The molecule has 1 aliphatic carbocycles. The lowest BCUT2D eigenvalue weighted by Gasteiger charge is -2.37. The molecule has 3 N–H and O–H groups in total. The molecule has 3 atom stereocenters. The van der Waals surface area contributed by atoms with E-state index >= 15 is 0 Å². The van der Waals surface area contributed by atoms with Crippen LogP contribution in [0.2, 0.25) is 0 Å². The van der Waals surface area contributed by atoms with Crippen LogP contribution in [0.3, 0.4) is 0 Å². The maximum absolute atomic E-state index is 12.8. The van der Waals surface area contributed by atoms with Gasteiger partial charge in [-0.25, -0.2) is 13.1 Å². The number of phenolic OH excluding ortho intramolecular Hbond substituents is 1. The topological polar surface area (TPSA) is 122 Å². The average Bonchev–Trinajstić information content (AvgIpc) is 3.15. The Bertz CT molecular complexity index is 1180. The maximum Gasteiger partial charge on any atom is 0.270 e. The largest absolute Gasteiger partial charge is 0.508 e. The Kier molecular flexibility index (Phi) is 5.06. The Morgan fingerprint density at radius 2 is 1.90 bits per heavy atom. The fraction of sp³-hybridized carbons (Fsp3) is 0.364. The minimum Gasteiger partial charge on any atom is -0.508 e. The summed E-state index contributed by atoms with van der Waals surface area (Å²) in [5.74, 6) is -0.0793. The number of benzene rings is 2. The fourth-order valence-electron chi connectivity index (χ4n) is 4.41. The molecule has 31 heavy (non-hydrogen) atoms. The lowest BCUT2D eigenvalue weighted by Crippen LogP contribution is -2.40. The number of non-ortho nitro benzene ring substituents is 1. The summed E-state index contributed by atoms with van der Waals surface area (Å²) in [6, 6.07) is 8.63. The predicted octanol–water partition coefficient (Wildman–Crippen LogP) is 4.20. The second-order valence-electron chi connectivity index (χ2n) is 9.08. The number of hydrogen-bond donors (Lipinski definition) is 3. The van der Waals surface area contributed by atoms with Gasteiger partial charge >= 0.3 is 0 Å². The second-order valence-corrected chi connectivity index (χ2v) is 10.8. The summed E-state index contributed by atoms with van der Waals surface area (Å²) >= 11 is 0. The van der Waals surface area contributed by atoms with Gasteiger partial charge in [-0.1, -0.05) is 12.2 Å². The normalized spacial score (nSPS) is 22.5. The Hall–Kier alpha value is -2.91. The van der Waals surface area contributed by atoms with E-state index in [2.05, 4.69) is 10.0 Å². The maximum atomic E-state index is 12.8. The minimum atomic E-state index is -3.68. The average molecular weight is 444 g/mol. The van der Waals surface area contributed by atoms with Crippen LogP contribution in [0.25, 0.3) is 0 Å². The molecule has 0 amide bonds. The van der Waals surface area contributed by atoms with Gasteiger partial charge in [0.25, 0.3) is 5.69 Å². The number of anilines is 1. The predicted molar refractivity (Wildman–Crippen MR) is 118 cm³/mol. The smallest absolute Gasteiger partial charge is 0.270 e. The van der Waals surface area contributed by atoms with Crippen molar-refractivity contribution in [3.63, 3.8) is 0 Å². The lowest BCUT2D eigenvalue weighted by atomic mass is 9.77. The number of allylic oxidation sites excluding steroid dienone is 2. The summed E-state index contributed by atoms with van der Waals surface area (Å²) < 4.78 is 28.3. The molecule has 1 aliphatic heterocycles. The number of nitrogens with one attached hydrogen (secondary N) is 2. The summed E-state index contributed by atoms with van der Waals surface area (Å²) in [7, 11) is -3.68. The molecule has 0 bridgehead atoms. The van der Waals surface area contributed by atoms with E-state index in [9.17, 15) is 23.6 Å². The van der Waals surface area contributed by atoms with Gasteiger partial charge in [-0.3, -0.25) is 10.1 Å². The Labute approximate surface area is 181 Å². The van der Waals surface area contributed by atoms with Gasteiger partial charge < -0.3 is 10.4 Å². The van der Waals surface area contributed by atoms with E-state index in [0.29, 0.717) is 12.0 Å². The highest BCUT2D eigenvalue weighted by Crippen LogP contribution is 2.51. The molecule has 0 spiro atoms. The number of nitro benzene ring substituents is 1. The SMILES string of the molecule is CC(C)(C)NS(=O)(=O)c1ccc2c(c1)C1C=CCC1C(c1cc([N+](=O)[O-])ccc1O)N2. The van der Waals surface area contributed by atoms with Gasteiger partial charge in [0.2, 0.25) is 10.0 Å². The van der Waals surface area contributed by atoms with E-state index < -0.39 is 20.5 Å². The van der Waals surface area contributed by atoms with E-state index in [0.717, 1.165) is 11.3 Å². The van der Waals surface area contributed by atoms with Crippen LogP contribution in [-0.2, 0) is 10.0 Å². The molecule has 2 aromatic rings. The monoisotopic (exact) mass is 443 g/mol. The van der Waals surface area contributed by atoms with Crippen LogP contribution < -0.4 is 10.0 Å². The van der Waals surface area contributed by atoms with Crippen molar-refractivity contribution in [3.05, 3.63) is 69.8 Å². The van der Waals surface area contributed by atoms with E-state index in [1.807, 2.05) is 12.2 Å². The fourth-order valence-corrected chi connectivity index (χ4v) is 5.87. The van der Waals surface area contributed by atoms with Crippen LogP contribution in [-0.4, -0.2) is 24.0 Å². The number of sulfonamides is 1. The first kappa shape index (κ1) is 21.3. The van der Waals surface area contributed by atoms with Gasteiger partial charge in [0.05, 0.1) is 15.9 Å². The standard InChI is InChI=1S/C22H25N3O5S/c1-22(2,3)24-31(29,30)14-8-9-19-17(12-14)15-5-4-6-16(15)21(23-19)18-11-13(25(27)28)7-10-20(18)26/h4-5,7-12,15-16,21,23-24,26H,6H2,1-3H3. The van der Waals surface area contributed by atoms with Crippen molar-refractivity contribution in [3.8, 4) is 5.75 Å².